The summed E-state index contributed by atoms with van der Waals surface area (Å²) in [5.74, 6) is 0.805. The number of halogens is 1. The SMILES string of the molecule is O=C(Nc1cccc(Br)c1)c1ccccc1SC[C@H]1CCCO1. The van der Waals surface area contributed by atoms with Crippen LogP contribution in [0.5, 0.6) is 0 Å². The van der Waals surface area contributed by atoms with Crippen LogP contribution in [0.15, 0.2) is 57.9 Å². The lowest BCUT2D eigenvalue weighted by Crippen LogP contribution is -2.14. The molecule has 0 unspecified atom stereocenters. The van der Waals surface area contributed by atoms with Crippen molar-refractivity contribution in [2.75, 3.05) is 17.7 Å². The van der Waals surface area contributed by atoms with E-state index in [0.717, 1.165) is 40.3 Å². The van der Waals surface area contributed by atoms with Gasteiger partial charge in [-0.05, 0) is 43.2 Å². The number of carbonyl (C=O) groups is 1. The first-order chi connectivity index (χ1) is 11.2. The number of thioether (sulfide) groups is 1. The molecule has 1 heterocycles. The molecule has 23 heavy (non-hydrogen) atoms. The molecule has 0 radical (unpaired) electrons. The van der Waals surface area contributed by atoms with Crippen molar-refractivity contribution in [3.8, 4) is 0 Å². The molecule has 3 nitrogen and oxygen atoms in total. The zero-order chi connectivity index (χ0) is 16.1. The van der Waals surface area contributed by atoms with Crippen LogP contribution in [-0.2, 0) is 4.74 Å². The third kappa shape index (κ3) is 4.59. The van der Waals surface area contributed by atoms with Gasteiger partial charge in [0.25, 0.3) is 5.91 Å². The van der Waals surface area contributed by atoms with Crippen molar-refractivity contribution >= 4 is 39.3 Å². The van der Waals surface area contributed by atoms with Gasteiger partial charge in [-0.25, -0.2) is 0 Å². The number of nitrogens with one attached hydrogen (secondary N) is 1. The minimum Gasteiger partial charge on any atom is -0.377 e. The zero-order valence-corrected chi connectivity index (χ0v) is 15.0. The molecule has 1 N–H and O–H groups in total. The molecule has 5 heteroatoms. The van der Waals surface area contributed by atoms with E-state index in [4.69, 9.17) is 4.74 Å². The molecular formula is C18H18BrNO2S. The van der Waals surface area contributed by atoms with Gasteiger partial charge < -0.3 is 10.1 Å². The second kappa shape index (κ2) is 7.99. The molecule has 2 aromatic carbocycles. The Morgan fingerprint density at radius 2 is 2.13 bits per heavy atom. The fraction of sp³-hybridized carbons (Fsp3) is 0.278. The normalized spacial score (nSPS) is 17.2. The third-order valence-corrected chi connectivity index (χ3v) is 5.36. The minimum atomic E-state index is -0.0847. The standard InChI is InChI=1S/C18H18BrNO2S/c19-13-5-3-6-14(11-13)20-18(21)16-8-1-2-9-17(16)23-12-15-7-4-10-22-15/h1-3,5-6,8-9,11,15H,4,7,10,12H2,(H,20,21)/t15-/m1/s1. The van der Waals surface area contributed by atoms with E-state index in [1.165, 1.54) is 0 Å². The fourth-order valence-corrected chi connectivity index (χ4v) is 4.02. The third-order valence-electron chi connectivity index (χ3n) is 3.66. The Balaban J connectivity index is 1.69. The van der Waals surface area contributed by atoms with Crippen molar-refractivity contribution in [1.82, 2.24) is 0 Å². The zero-order valence-electron chi connectivity index (χ0n) is 12.6. The summed E-state index contributed by atoms with van der Waals surface area (Å²) in [6.45, 7) is 0.857. The molecule has 1 aliphatic rings. The van der Waals surface area contributed by atoms with Gasteiger partial charge in [-0.1, -0.05) is 34.1 Å². The lowest BCUT2D eigenvalue weighted by Gasteiger charge is -2.12. The Kier molecular flexibility index (Phi) is 5.75. The Morgan fingerprint density at radius 3 is 2.91 bits per heavy atom. The molecule has 1 fully saturated rings. The van der Waals surface area contributed by atoms with E-state index in [0.29, 0.717) is 11.7 Å². The lowest BCUT2D eigenvalue weighted by atomic mass is 10.2. The van der Waals surface area contributed by atoms with Crippen LogP contribution in [-0.4, -0.2) is 24.4 Å². The quantitative estimate of drug-likeness (QED) is 0.730. The maximum absolute atomic E-state index is 12.6. The number of amides is 1. The topological polar surface area (TPSA) is 38.3 Å². The largest absolute Gasteiger partial charge is 0.377 e. The van der Waals surface area contributed by atoms with Crippen molar-refractivity contribution in [3.05, 3.63) is 58.6 Å². The van der Waals surface area contributed by atoms with Crippen LogP contribution in [0.1, 0.15) is 23.2 Å². The van der Waals surface area contributed by atoms with Gasteiger partial charge in [0.2, 0.25) is 0 Å². The molecule has 0 aromatic heterocycles. The molecule has 0 saturated carbocycles. The van der Waals surface area contributed by atoms with E-state index in [-0.39, 0.29) is 5.91 Å². The predicted molar refractivity (Wildman–Crippen MR) is 98.2 cm³/mol. The van der Waals surface area contributed by atoms with Gasteiger partial charge >= 0.3 is 0 Å². The summed E-state index contributed by atoms with van der Waals surface area (Å²) >= 11 is 5.11. The van der Waals surface area contributed by atoms with Crippen LogP contribution < -0.4 is 5.32 Å². The van der Waals surface area contributed by atoms with Gasteiger partial charge in [-0.2, -0.15) is 0 Å². The van der Waals surface area contributed by atoms with E-state index in [9.17, 15) is 4.79 Å². The average Bonchev–Trinajstić information content (AvgIpc) is 3.06. The number of ether oxygens (including phenoxy) is 1. The first kappa shape index (κ1) is 16.6. The van der Waals surface area contributed by atoms with Gasteiger partial charge in [0.05, 0.1) is 11.7 Å². The van der Waals surface area contributed by atoms with Crippen molar-refractivity contribution in [3.63, 3.8) is 0 Å². The second-order valence-corrected chi connectivity index (χ2v) is 7.38. The Hall–Kier alpha value is -1.30. The summed E-state index contributed by atoms with van der Waals surface area (Å²) in [4.78, 5) is 13.6. The van der Waals surface area contributed by atoms with E-state index in [1.807, 2.05) is 48.5 Å². The summed E-state index contributed by atoms with van der Waals surface area (Å²) in [7, 11) is 0. The van der Waals surface area contributed by atoms with Crippen LogP contribution in [0.2, 0.25) is 0 Å². The molecule has 3 rings (SSSR count). The smallest absolute Gasteiger partial charge is 0.256 e. The predicted octanol–water partition coefficient (Wildman–Crippen LogP) is 4.97. The summed E-state index contributed by atoms with van der Waals surface area (Å²) < 4.78 is 6.60. The molecule has 1 amide bonds. The van der Waals surface area contributed by atoms with Crippen LogP contribution in [0, 0.1) is 0 Å². The number of hydrogen-bond acceptors (Lipinski definition) is 3. The van der Waals surface area contributed by atoms with Crippen molar-refractivity contribution in [1.29, 1.82) is 0 Å². The minimum absolute atomic E-state index is 0.0847. The molecule has 0 bridgehead atoms. The number of benzene rings is 2. The van der Waals surface area contributed by atoms with E-state index in [2.05, 4.69) is 21.2 Å². The average molecular weight is 392 g/mol. The molecule has 0 spiro atoms. The summed E-state index contributed by atoms with van der Waals surface area (Å²) in [5.41, 5.74) is 1.48. The number of hydrogen-bond donors (Lipinski definition) is 1. The van der Waals surface area contributed by atoms with E-state index < -0.39 is 0 Å². The van der Waals surface area contributed by atoms with E-state index >= 15 is 0 Å². The highest BCUT2D eigenvalue weighted by Crippen LogP contribution is 2.27. The monoisotopic (exact) mass is 391 g/mol. The van der Waals surface area contributed by atoms with Crippen LogP contribution in [0.3, 0.4) is 0 Å². The number of anilines is 1. The summed E-state index contributed by atoms with van der Waals surface area (Å²) in [6.07, 6.45) is 2.55. The second-order valence-electron chi connectivity index (χ2n) is 5.41. The first-order valence-corrected chi connectivity index (χ1v) is 9.40. The van der Waals surface area contributed by atoms with E-state index in [1.54, 1.807) is 11.8 Å². The molecule has 120 valence electrons. The molecule has 1 saturated heterocycles. The molecule has 2 aromatic rings. The van der Waals surface area contributed by atoms with Gasteiger partial charge in [0.15, 0.2) is 0 Å². The van der Waals surface area contributed by atoms with Crippen LogP contribution in [0.25, 0.3) is 0 Å². The molecule has 0 aliphatic carbocycles. The highest BCUT2D eigenvalue weighted by Gasteiger charge is 2.18. The molecule has 1 aliphatic heterocycles. The highest BCUT2D eigenvalue weighted by molar-refractivity contribution is 9.10. The van der Waals surface area contributed by atoms with Crippen LogP contribution in [0.4, 0.5) is 5.69 Å². The molecule has 1 atom stereocenters. The lowest BCUT2D eigenvalue weighted by molar-refractivity contribution is 0.102. The van der Waals surface area contributed by atoms with Gasteiger partial charge in [-0.3, -0.25) is 4.79 Å². The fourth-order valence-electron chi connectivity index (χ4n) is 2.50. The number of rotatable bonds is 5. The Bertz CT molecular complexity index is 686. The summed E-state index contributed by atoms with van der Waals surface area (Å²) in [6, 6.07) is 15.3. The van der Waals surface area contributed by atoms with Crippen molar-refractivity contribution in [2.24, 2.45) is 0 Å². The Labute approximate surface area is 148 Å². The first-order valence-electron chi connectivity index (χ1n) is 7.63. The van der Waals surface area contributed by atoms with Crippen LogP contribution >= 0.6 is 27.7 Å². The van der Waals surface area contributed by atoms with Crippen molar-refractivity contribution in [2.45, 2.75) is 23.8 Å². The van der Waals surface area contributed by atoms with Crippen molar-refractivity contribution < 1.29 is 9.53 Å². The maximum atomic E-state index is 12.6. The summed E-state index contributed by atoms with van der Waals surface area (Å²) in [5, 5.41) is 2.95. The Morgan fingerprint density at radius 1 is 1.26 bits per heavy atom. The van der Waals surface area contributed by atoms with Gasteiger partial charge in [0.1, 0.15) is 0 Å². The maximum Gasteiger partial charge on any atom is 0.256 e. The highest BCUT2D eigenvalue weighted by atomic mass is 79.9. The van der Waals surface area contributed by atoms with Gasteiger partial charge in [0, 0.05) is 27.4 Å². The molecular weight excluding hydrogens is 374 g/mol. The van der Waals surface area contributed by atoms with Gasteiger partial charge in [-0.15, -0.1) is 11.8 Å². The number of carbonyl (C=O) groups excluding carboxylic acids is 1.